The molecule has 0 unspecified atom stereocenters. The molecular formula is C22H21N3OS2. The lowest BCUT2D eigenvalue weighted by molar-refractivity contribution is 0.102. The summed E-state index contributed by atoms with van der Waals surface area (Å²) < 4.78 is 0.464. The molecule has 1 saturated heterocycles. The maximum Gasteiger partial charge on any atom is 0.257 e. The Morgan fingerprint density at radius 1 is 1.04 bits per heavy atom. The van der Waals surface area contributed by atoms with Crippen LogP contribution < -0.4 is 10.2 Å². The van der Waals surface area contributed by atoms with Gasteiger partial charge >= 0.3 is 0 Å². The molecule has 1 fully saturated rings. The number of thioether (sulfide) groups is 2. The SMILES string of the molecule is CN(c1ccccc1)c1ccc(C(=O)Nc2cccc(C3SCCS3)c2)cn1. The van der Waals surface area contributed by atoms with E-state index >= 15 is 0 Å². The maximum atomic E-state index is 12.6. The highest BCUT2D eigenvalue weighted by molar-refractivity contribution is 8.19. The van der Waals surface area contributed by atoms with Crippen LogP contribution in [0.25, 0.3) is 0 Å². The normalized spacial score (nSPS) is 14.0. The molecule has 0 bridgehead atoms. The second-order valence-electron chi connectivity index (χ2n) is 6.45. The predicted molar refractivity (Wildman–Crippen MR) is 121 cm³/mol. The minimum absolute atomic E-state index is 0.148. The molecule has 3 aromatic rings. The van der Waals surface area contributed by atoms with Gasteiger partial charge in [0.05, 0.1) is 10.1 Å². The molecule has 0 saturated carbocycles. The van der Waals surface area contributed by atoms with Crippen molar-refractivity contribution in [1.29, 1.82) is 0 Å². The van der Waals surface area contributed by atoms with Gasteiger partial charge in [0.25, 0.3) is 5.91 Å². The Bertz CT molecular complexity index is 942. The Hall–Kier alpha value is -2.44. The summed E-state index contributed by atoms with van der Waals surface area (Å²) in [6.07, 6.45) is 1.62. The van der Waals surface area contributed by atoms with Crippen molar-refractivity contribution in [3.05, 3.63) is 84.1 Å². The molecule has 1 aliphatic rings. The van der Waals surface area contributed by atoms with Crippen molar-refractivity contribution >= 4 is 46.6 Å². The largest absolute Gasteiger partial charge is 0.329 e. The molecule has 1 aliphatic heterocycles. The van der Waals surface area contributed by atoms with Gasteiger partial charge < -0.3 is 10.2 Å². The zero-order chi connectivity index (χ0) is 19.3. The van der Waals surface area contributed by atoms with Crippen LogP contribution in [0.5, 0.6) is 0 Å². The van der Waals surface area contributed by atoms with Crippen LogP contribution in [0.4, 0.5) is 17.2 Å². The van der Waals surface area contributed by atoms with Crippen molar-refractivity contribution in [2.24, 2.45) is 0 Å². The number of nitrogens with one attached hydrogen (secondary N) is 1. The van der Waals surface area contributed by atoms with Gasteiger partial charge in [0.2, 0.25) is 0 Å². The van der Waals surface area contributed by atoms with Crippen molar-refractivity contribution in [2.45, 2.75) is 4.58 Å². The molecule has 0 spiro atoms. The minimum Gasteiger partial charge on any atom is -0.329 e. The van der Waals surface area contributed by atoms with Crippen LogP contribution >= 0.6 is 23.5 Å². The molecule has 0 atom stereocenters. The lowest BCUT2D eigenvalue weighted by atomic mass is 10.2. The van der Waals surface area contributed by atoms with Gasteiger partial charge in [-0.15, -0.1) is 23.5 Å². The number of para-hydroxylation sites is 1. The molecule has 4 rings (SSSR count). The summed E-state index contributed by atoms with van der Waals surface area (Å²) >= 11 is 3.91. The molecule has 0 radical (unpaired) electrons. The van der Waals surface area contributed by atoms with Crippen LogP contribution in [0.2, 0.25) is 0 Å². The fraction of sp³-hybridized carbons (Fsp3) is 0.182. The van der Waals surface area contributed by atoms with Gasteiger partial charge in [-0.3, -0.25) is 4.79 Å². The van der Waals surface area contributed by atoms with E-state index in [9.17, 15) is 4.79 Å². The summed E-state index contributed by atoms with van der Waals surface area (Å²) in [5.41, 5.74) is 3.66. The third-order valence-corrected chi connectivity index (χ3v) is 7.64. The molecule has 28 heavy (non-hydrogen) atoms. The van der Waals surface area contributed by atoms with Crippen molar-refractivity contribution < 1.29 is 4.79 Å². The molecule has 2 heterocycles. The lowest BCUT2D eigenvalue weighted by Gasteiger charge is -2.18. The number of hydrogen-bond donors (Lipinski definition) is 1. The number of pyridine rings is 1. The van der Waals surface area contributed by atoms with Gasteiger partial charge in [0.1, 0.15) is 5.82 Å². The van der Waals surface area contributed by atoms with E-state index in [0.29, 0.717) is 10.1 Å². The van der Waals surface area contributed by atoms with Crippen LogP contribution in [-0.4, -0.2) is 29.4 Å². The second-order valence-corrected chi connectivity index (χ2v) is 9.18. The van der Waals surface area contributed by atoms with E-state index < -0.39 is 0 Å². The maximum absolute atomic E-state index is 12.6. The van der Waals surface area contributed by atoms with Crippen LogP contribution in [0.15, 0.2) is 72.9 Å². The van der Waals surface area contributed by atoms with Gasteiger partial charge in [-0.1, -0.05) is 30.3 Å². The summed E-state index contributed by atoms with van der Waals surface area (Å²) in [4.78, 5) is 19.1. The number of amides is 1. The summed E-state index contributed by atoms with van der Waals surface area (Å²) in [7, 11) is 1.96. The second kappa shape index (κ2) is 8.71. The molecule has 4 nitrogen and oxygen atoms in total. The highest BCUT2D eigenvalue weighted by Crippen LogP contribution is 2.45. The minimum atomic E-state index is -0.148. The number of nitrogens with zero attached hydrogens (tertiary/aromatic N) is 2. The number of carbonyl (C=O) groups is 1. The van der Waals surface area contributed by atoms with Crippen molar-refractivity contribution in [3.63, 3.8) is 0 Å². The first-order chi connectivity index (χ1) is 13.7. The van der Waals surface area contributed by atoms with Crippen LogP contribution in [0.1, 0.15) is 20.5 Å². The Labute approximate surface area is 173 Å². The van der Waals surface area contributed by atoms with E-state index in [1.807, 2.05) is 90.1 Å². The van der Waals surface area contributed by atoms with E-state index in [0.717, 1.165) is 17.2 Å². The van der Waals surface area contributed by atoms with E-state index in [1.165, 1.54) is 17.1 Å². The topological polar surface area (TPSA) is 45.2 Å². The van der Waals surface area contributed by atoms with Crippen LogP contribution in [0.3, 0.4) is 0 Å². The number of rotatable bonds is 5. The van der Waals surface area contributed by atoms with Gasteiger partial charge in [-0.2, -0.15) is 0 Å². The van der Waals surface area contributed by atoms with Gasteiger partial charge in [-0.25, -0.2) is 4.98 Å². The summed E-state index contributed by atoms with van der Waals surface area (Å²) in [5, 5.41) is 2.99. The Morgan fingerprint density at radius 3 is 2.54 bits per heavy atom. The first-order valence-corrected chi connectivity index (χ1v) is 11.2. The van der Waals surface area contributed by atoms with Crippen LogP contribution in [0, 0.1) is 0 Å². The van der Waals surface area contributed by atoms with E-state index in [1.54, 1.807) is 6.20 Å². The number of carbonyl (C=O) groups excluding carboxylic acids is 1. The van der Waals surface area contributed by atoms with E-state index in [-0.39, 0.29) is 5.91 Å². The highest BCUT2D eigenvalue weighted by atomic mass is 32.2. The van der Waals surface area contributed by atoms with Crippen molar-refractivity contribution in [2.75, 3.05) is 28.8 Å². The Morgan fingerprint density at radius 2 is 1.82 bits per heavy atom. The Kier molecular flexibility index (Phi) is 5.88. The third kappa shape index (κ3) is 4.34. The average Bonchev–Trinajstić information content (AvgIpc) is 3.29. The molecule has 6 heteroatoms. The zero-order valence-corrected chi connectivity index (χ0v) is 17.2. The lowest BCUT2D eigenvalue weighted by Crippen LogP contribution is -2.14. The average molecular weight is 408 g/mol. The molecular weight excluding hydrogens is 386 g/mol. The number of anilines is 3. The molecule has 1 aromatic heterocycles. The fourth-order valence-electron chi connectivity index (χ4n) is 3.02. The third-order valence-electron chi connectivity index (χ3n) is 4.54. The Balaban J connectivity index is 1.44. The summed E-state index contributed by atoms with van der Waals surface area (Å²) in [6, 6.07) is 21.8. The van der Waals surface area contributed by atoms with Gasteiger partial charge in [0.15, 0.2) is 0 Å². The van der Waals surface area contributed by atoms with Crippen molar-refractivity contribution in [3.8, 4) is 0 Å². The van der Waals surface area contributed by atoms with Crippen molar-refractivity contribution in [1.82, 2.24) is 4.98 Å². The zero-order valence-electron chi connectivity index (χ0n) is 15.5. The first kappa shape index (κ1) is 18.9. The smallest absolute Gasteiger partial charge is 0.257 e. The quantitative estimate of drug-likeness (QED) is 0.598. The number of hydrogen-bond acceptors (Lipinski definition) is 5. The summed E-state index contributed by atoms with van der Waals surface area (Å²) in [6.45, 7) is 0. The standard InChI is InChI=1S/C22H21N3OS2/c1-25(19-8-3-2-4-9-19)20-11-10-17(15-23-20)21(26)24-18-7-5-6-16(14-18)22-27-12-13-28-22/h2-11,14-15,22H,12-13H2,1H3,(H,24,26). The molecule has 1 amide bonds. The monoisotopic (exact) mass is 407 g/mol. The first-order valence-electron chi connectivity index (χ1n) is 9.10. The van der Waals surface area contributed by atoms with Crippen LogP contribution in [-0.2, 0) is 0 Å². The highest BCUT2D eigenvalue weighted by Gasteiger charge is 2.18. The molecule has 0 aliphatic carbocycles. The molecule has 2 aromatic carbocycles. The van der Waals surface area contributed by atoms with E-state index in [2.05, 4.69) is 22.4 Å². The fourth-order valence-corrected chi connectivity index (χ4v) is 5.86. The predicted octanol–water partition coefficient (Wildman–Crippen LogP) is 5.58. The van der Waals surface area contributed by atoms with Gasteiger partial charge in [0, 0.05) is 36.1 Å². The van der Waals surface area contributed by atoms with E-state index in [4.69, 9.17) is 0 Å². The number of aromatic nitrogens is 1. The molecule has 142 valence electrons. The van der Waals surface area contributed by atoms with Gasteiger partial charge in [-0.05, 0) is 42.0 Å². The number of benzene rings is 2. The molecule has 1 N–H and O–H groups in total. The summed E-state index contributed by atoms with van der Waals surface area (Å²) in [5.74, 6) is 3.01.